The van der Waals surface area contributed by atoms with Crippen LogP contribution in [0.25, 0.3) is 0 Å². The topological polar surface area (TPSA) is 20.2 Å². The fraction of sp³-hybridized carbons (Fsp3) is 0.778. The monoisotopic (exact) mass is 394 g/mol. The molecule has 0 aliphatic rings. The summed E-state index contributed by atoms with van der Waals surface area (Å²) in [4.78, 5) is 0. The van der Waals surface area contributed by atoms with Gasteiger partial charge in [-0.2, -0.15) is 0 Å². The van der Waals surface area contributed by atoms with Crippen LogP contribution in [0, 0.1) is 0 Å². The van der Waals surface area contributed by atoms with E-state index < -0.39 is 0 Å². The average molecular weight is 394 g/mol. The Morgan fingerprint density at radius 3 is 2.17 bits per heavy atom. The van der Waals surface area contributed by atoms with Crippen LogP contribution in [0.2, 0.25) is 0 Å². The fourth-order valence-corrected chi connectivity index (χ4v) is 1.64. The minimum atomic E-state index is 0.462. The molecule has 0 aliphatic heterocycles. The highest BCUT2D eigenvalue weighted by molar-refractivity contribution is 14.1. The van der Waals surface area contributed by atoms with Gasteiger partial charge in [0, 0.05) is 3.58 Å². The Morgan fingerprint density at radius 2 is 1.67 bits per heavy atom. The minimum absolute atomic E-state index is 0.462. The van der Waals surface area contributed by atoms with Crippen molar-refractivity contribution in [2.75, 3.05) is 0 Å². The zero-order valence-corrected chi connectivity index (χ0v) is 11.8. The Balaban J connectivity index is 3.26. The van der Waals surface area contributed by atoms with Crippen LogP contribution in [0.3, 0.4) is 0 Å². The summed E-state index contributed by atoms with van der Waals surface area (Å²) in [6.45, 7) is 2.22. The zero-order chi connectivity index (χ0) is 9.40. The Labute approximate surface area is 102 Å². The highest BCUT2D eigenvalue weighted by atomic mass is 127. The molecule has 0 aliphatic carbocycles. The van der Waals surface area contributed by atoms with E-state index in [-0.39, 0.29) is 0 Å². The number of unbranched alkanes of at least 4 members (excludes halogenated alkanes) is 4. The number of aliphatic hydroxyl groups is 1. The first kappa shape index (κ1) is 13.0. The van der Waals surface area contributed by atoms with Crippen LogP contribution in [0.15, 0.2) is 7.35 Å². The molecule has 1 nitrogen and oxygen atoms in total. The molecule has 0 spiro atoms. The standard InChI is InChI=1S/C9H16I2O/c1-2-3-4-5-6-7-8(10)9(11)12/h12H,2-7H2,1H3. The van der Waals surface area contributed by atoms with Gasteiger partial charge in [-0.15, -0.1) is 0 Å². The second-order valence-corrected chi connectivity index (χ2v) is 5.18. The molecular weight excluding hydrogens is 378 g/mol. The van der Waals surface area contributed by atoms with Gasteiger partial charge in [0.2, 0.25) is 0 Å². The third-order valence-electron chi connectivity index (χ3n) is 1.72. The minimum Gasteiger partial charge on any atom is -0.502 e. The quantitative estimate of drug-likeness (QED) is 0.384. The molecule has 0 radical (unpaired) electrons. The van der Waals surface area contributed by atoms with Crippen molar-refractivity contribution in [3.63, 3.8) is 0 Å². The van der Waals surface area contributed by atoms with Crippen molar-refractivity contribution in [1.29, 1.82) is 0 Å². The first-order valence-corrected chi connectivity index (χ1v) is 6.57. The van der Waals surface area contributed by atoms with Gasteiger partial charge in [0.25, 0.3) is 0 Å². The van der Waals surface area contributed by atoms with Crippen LogP contribution in [0.5, 0.6) is 0 Å². The van der Waals surface area contributed by atoms with Gasteiger partial charge < -0.3 is 5.11 Å². The lowest BCUT2D eigenvalue weighted by Gasteiger charge is -1.99. The van der Waals surface area contributed by atoms with Crippen LogP contribution in [-0.2, 0) is 0 Å². The molecule has 0 amide bonds. The number of hydrogen-bond donors (Lipinski definition) is 1. The molecule has 0 saturated heterocycles. The van der Waals surface area contributed by atoms with Crippen molar-refractivity contribution < 1.29 is 5.11 Å². The molecule has 0 aromatic carbocycles. The summed E-state index contributed by atoms with van der Waals surface area (Å²) in [7, 11) is 0. The SMILES string of the molecule is CCCCCCCC(I)=C(O)I. The lowest BCUT2D eigenvalue weighted by Crippen LogP contribution is -1.80. The van der Waals surface area contributed by atoms with Gasteiger partial charge in [0.1, 0.15) is 0 Å². The molecule has 0 aromatic rings. The van der Waals surface area contributed by atoms with Crippen molar-refractivity contribution in [1.82, 2.24) is 0 Å². The summed E-state index contributed by atoms with van der Waals surface area (Å²) in [5.41, 5.74) is 0. The molecule has 0 aromatic heterocycles. The second-order valence-electron chi connectivity index (χ2n) is 2.86. The molecule has 12 heavy (non-hydrogen) atoms. The van der Waals surface area contributed by atoms with E-state index in [0.717, 1.165) is 10.0 Å². The molecule has 0 heterocycles. The van der Waals surface area contributed by atoms with Gasteiger partial charge in [0.15, 0.2) is 3.77 Å². The lowest BCUT2D eigenvalue weighted by molar-refractivity contribution is 0.460. The van der Waals surface area contributed by atoms with Crippen molar-refractivity contribution in [2.24, 2.45) is 0 Å². The predicted molar refractivity (Wildman–Crippen MR) is 71.1 cm³/mol. The number of aliphatic hydroxyl groups excluding tert-OH is 1. The normalized spacial score (nSPS) is 12.9. The number of hydrogen-bond acceptors (Lipinski definition) is 1. The van der Waals surface area contributed by atoms with Crippen molar-refractivity contribution in [3.8, 4) is 0 Å². The van der Waals surface area contributed by atoms with E-state index in [1.807, 2.05) is 22.6 Å². The maximum atomic E-state index is 9.08. The third-order valence-corrected chi connectivity index (χ3v) is 4.46. The smallest absolute Gasteiger partial charge is 0.162 e. The van der Waals surface area contributed by atoms with E-state index >= 15 is 0 Å². The molecule has 0 atom stereocenters. The number of halogens is 2. The summed E-state index contributed by atoms with van der Waals surface area (Å²) < 4.78 is 1.56. The van der Waals surface area contributed by atoms with E-state index in [1.54, 1.807) is 0 Å². The third kappa shape index (κ3) is 7.64. The van der Waals surface area contributed by atoms with E-state index in [1.165, 1.54) is 32.1 Å². The first-order chi connectivity index (χ1) is 5.68. The second kappa shape index (κ2) is 8.59. The molecule has 0 rings (SSSR count). The highest BCUT2D eigenvalue weighted by Gasteiger charge is 1.97. The summed E-state index contributed by atoms with van der Waals surface area (Å²) in [6, 6.07) is 0. The molecule has 3 heteroatoms. The summed E-state index contributed by atoms with van der Waals surface area (Å²) >= 11 is 4.18. The van der Waals surface area contributed by atoms with Crippen molar-refractivity contribution in [3.05, 3.63) is 7.35 Å². The van der Waals surface area contributed by atoms with E-state index in [4.69, 9.17) is 5.11 Å². The van der Waals surface area contributed by atoms with Crippen LogP contribution >= 0.6 is 45.2 Å². The van der Waals surface area contributed by atoms with E-state index in [2.05, 4.69) is 29.5 Å². The van der Waals surface area contributed by atoms with Gasteiger partial charge in [0.05, 0.1) is 0 Å². The average Bonchev–Trinajstić information content (AvgIpc) is 2.03. The molecule has 0 bridgehead atoms. The molecular formula is C9H16I2O. The Morgan fingerprint density at radius 1 is 1.08 bits per heavy atom. The lowest BCUT2D eigenvalue weighted by atomic mass is 10.1. The van der Waals surface area contributed by atoms with Crippen molar-refractivity contribution in [2.45, 2.75) is 45.4 Å². The summed E-state index contributed by atoms with van der Waals surface area (Å²) in [5.74, 6) is 0. The fourth-order valence-electron chi connectivity index (χ4n) is 0.987. The maximum absolute atomic E-state index is 9.08. The van der Waals surface area contributed by atoms with Gasteiger partial charge in [-0.1, -0.05) is 32.6 Å². The molecule has 0 saturated carbocycles. The van der Waals surface area contributed by atoms with E-state index in [9.17, 15) is 0 Å². The van der Waals surface area contributed by atoms with Crippen LogP contribution in [0.4, 0.5) is 0 Å². The molecule has 0 unspecified atom stereocenters. The largest absolute Gasteiger partial charge is 0.502 e. The van der Waals surface area contributed by atoms with Crippen LogP contribution in [-0.4, -0.2) is 5.11 Å². The molecule has 0 fully saturated rings. The predicted octanol–water partition coefficient (Wildman–Crippen LogP) is 4.94. The molecule has 1 N–H and O–H groups in total. The zero-order valence-electron chi connectivity index (χ0n) is 7.45. The maximum Gasteiger partial charge on any atom is 0.162 e. The van der Waals surface area contributed by atoms with Gasteiger partial charge >= 0.3 is 0 Å². The Bertz CT molecular complexity index is 139. The number of allylic oxidation sites excluding steroid dienone is 1. The summed E-state index contributed by atoms with van der Waals surface area (Å²) in [6.07, 6.45) is 7.53. The Hall–Kier alpha value is 1.00. The molecule has 72 valence electrons. The van der Waals surface area contributed by atoms with Gasteiger partial charge in [-0.05, 0) is 58.0 Å². The van der Waals surface area contributed by atoms with Gasteiger partial charge in [-0.25, -0.2) is 0 Å². The van der Waals surface area contributed by atoms with Crippen molar-refractivity contribution >= 4 is 45.2 Å². The van der Waals surface area contributed by atoms with Crippen LogP contribution in [0.1, 0.15) is 45.4 Å². The highest BCUT2D eigenvalue weighted by Crippen LogP contribution is 2.22. The van der Waals surface area contributed by atoms with Gasteiger partial charge in [-0.3, -0.25) is 0 Å². The van der Waals surface area contributed by atoms with Crippen LogP contribution < -0.4 is 0 Å². The Kier molecular flexibility index (Phi) is 9.31. The van der Waals surface area contributed by atoms with E-state index in [0.29, 0.717) is 3.77 Å². The first-order valence-electron chi connectivity index (χ1n) is 4.41. The summed E-state index contributed by atoms with van der Waals surface area (Å²) in [5, 5.41) is 9.08. The number of rotatable bonds is 6.